The predicted molar refractivity (Wildman–Crippen MR) is 118 cm³/mol. The first-order valence-corrected chi connectivity index (χ1v) is 10.4. The zero-order valence-corrected chi connectivity index (χ0v) is 18.1. The summed E-state index contributed by atoms with van der Waals surface area (Å²) in [5.41, 5.74) is 0.337. The van der Waals surface area contributed by atoms with E-state index in [1.807, 2.05) is 23.6 Å². The van der Waals surface area contributed by atoms with Gasteiger partial charge in [-0.05, 0) is 68.4 Å². The Kier molecular flexibility index (Phi) is 15.2. The molecule has 1 aromatic carbocycles. The molecule has 0 aliphatic rings. The molecule has 5 nitrogen and oxygen atoms in total. The molecule has 7 heteroatoms. The molecule has 0 radical (unpaired) electrons. The van der Waals surface area contributed by atoms with Gasteiger partial charge in [0.1, 0.15) is 11.0 Å². The number of fused-ring (bicyclic) bond motifs is 1. The van der Waals surface area contributed by atoms with Crippen LogP contribution in [0.3, 0.4) is 0 Å². The molecule has 0 unspecified atom stereocenters. The van der Waals surface area contributed by atoms with Gasteiger partial charge in [-0.2, -0.15) is 5.26 Å². The van der Waals surface area contributed by atoms with Crippen molar-refractivity contribution in [3.63, 3.8) is 0 Å². The minimum atomic E-state index is -0.302. The van der Waals surface area contributed by atoms with E-state index in [2.05, 4.69) is 18.7 Å². The van der Waals surface area contributed by atoms with Crippen molar-refractivity contribution in [3.05, 3.63) is 46.8 Å². The lowest BCUT2D eigenvalue weighted by atomic mass is 10.2. The lowest BCUT2D eigenvalue weighted by Gasteiger charge is -2.17. The maximum absolute atomic E-state index is 10.7. The topological polar surface area (TPSA) is 66.5 Å². The van der Waals surface area contributed by atoms with Crippen LogP contribution in [0.25, 0.3) is 11.0 Å². The SMILES string of the molecule is CCN(CC)CCCC(=S)OC.CSC#N.O=c1ccc2ccccc2o1. The van der Waals surface area contributed by atoms with Crippen molar-refractivity contribution in [2.75, 3.05) is 33.0 Å². The second-order valence-corrected chi connectivity index (χ2v) is 6.34. The summed E-state index contributed by atoms with van der Waals surface area (Å²) in [7, 11) is 1.64. The van der Waals surface area contributed by atoms with Gasteiger partial charge in [0.15, 0.2) is 5.05 Å². The van der Waals surface area contributed by atoms with Crippen molar-refractivity contribution in [1.82, 2.24) is 4.90 Å². The van der Waals surface area contributed by atoms with Crippen molar-refractivity contribution in [2.24, 2.45) is 0 Å². The first kappa shape index (κ1) is 25.1. The van der Waals surface area contributed by atoms with Crippen LogP contribution in [0.4, 0.5) is 0 Å². The molecule has 0 bridgehead atoms. The summed E-state index contributed by atoms with van der Waals surface area (Å²) in [5, 5.41) is 11.1. The number of thiocarbonyl (C=S) groups is 1. The summed E-state index contributed by atoms with van der Waals surface area (Å²) in [6.07, 6.45) is 3.75. The van der Waals surface area contributed by atoms with E-state index in [-0.39, 0.29) is 5.63 Å². The Bertz CT molecular complexity index is 752. The van der Waals surface area contributed by atoms with Crippen molar-refractivity contribution >= 4 is 40.0 Å². The van der Waals surface area contributed by atoms with Gasteiger partial charge in [-0.25, -0.2) is 4.79 Å². The smallest absolute Gasteiger partial charge is 0.336 e. The van der Waals surface area contributed by atoms with Gasteiger partial charge < -0.3 is 14.1 Å². The van der Waals surface area contributed by atoms with E-state index in [0.29, 0.717) is 5.58 Å². The third-order valence-corrected chi connectivity index (χ3v) is 4.15. The molecule has 0 aliphatic carbocycles. The molecule has 0 atom stereocenters. The monoisotopic (exact) mass is 408 g/mol. The zero-order chi connectivity index (χ0) is 20.5. The fourth-order valence-electron chi connectivity index (χ4n) is 2.10. The molecular formula is C20H28N2O3S2. The minimum absolute atomic E-state index is 0.302. The summed E-state index contributed by atoms with van der Waals surface area (Å²) in [6, 6.07) is 10.6. The van der Waals surface area contributed by atoms with Crippen LogP contribution in [-0.4, -0.2) is 43.0 Å². The summed E-state index contributed by atoms with van der Waals surface area (Å²) < 4.78 is 9.82. The number of thiocyanates is 1. The van der Waals surface area contributed by atoms with E-state index in [1.165, 1.54) is 6.07 Å². The maximum atomic E-state index is 10.7. The van der Waals surface area contributed by atoms with Crippen LogP contribution >= 0.6 is 24.0 Å². The van der Waals surface area contributed by atoms with E-state index in [9.17, 15) is 4.79 Å². The van der Waals surface area contributed by atoms with Crippen LogP contribution in [-0.2, 0) is 4.74 Å². The molecule has 0 saturated heterocycles. The van der Waals surface area contributed by atoms with Crippen LogP contribution in [0.2, 0.25) is 0 Å². The molecule has 1 heterocycles. The van der Waals surface area contributed by atoms with E-state index in [0.717, 1.165) is 54.7 Å². The fourth-order valence-corrected chi connectivity index (χ4v) is 2.24. The van der Waals surface area contributed by atoms with Crippen LogP contribution in [0, 0.1) is 10.7 Å². The number of para-hydroxylation sites is 1. The molecule has 0 N–H and O–H groups in total. The summed E-state index contributed by atoms with van der Waals surface area (Å²) in [6.45, 7) is 7.72. The Morgan fingerprint density at radius 2 is 1.89 bits per heavy atom. The number of methoxy groups -OCH3 is 1. The van der Waals surface area contributed by atoms with E-state index < -0.39 is 0 Å². The van der Waals surface area contributed by atoms with Crippen LogP contribution in [0.5, 0.6) is 0 Å². The van der Waals surface area contributed by atoms with Gasteiger partial charge in [0, 0.05) is 17.9 Å². The van der Waals surface area contributed by atoms with Gasteiger partial charge >= 0.3 is 5.63 Å². The molecule has 27 heavy (non-hydrogen) atoms. The van der Waals surface area contributed by atoms with Gasteiger partial charge in [0.25, 0.3) is 0 Å². The molecule has 0 fully saturated rings. The third-order valence-electron chi connectivity index (χ3n) is 3.60. The van der Waals surface area contributed by atoms with Crippen molar-refractivity contribution in [2.45, 2.75) is 26.7 Å². The Hall–Kier alpha value is -1.88. The van der Waals surface area contributed by atoms with Crippen LogP contribution in [0.15, 0.2) is 45.6 Å². The third kappa shape index (κ3) is 12.2. The largest absolute Gasteiger partial charge is 0.490 e. The molecule has 2 rings (SSSR count). The Balaban J connectivity index is 0.000000420. The number of hydrogen-bond acceptors (Lipinski definition) is 7. The average Bonchev–Trinajstić information content (AvgIpc) is 2.71. The number of ether oxygens (including phenoxy) is 1. The van der Waals surface area contributed by atoms with Crippen molar-refractivity contribution < 1.29 is 9.15 Å². The second-order valence-electron chi connectivity index (χ2n) is 5.29. The Morgan fingerprint density at radius 3 is 2.44 bits per heavy atom. The van der Waals surface area contributed by atoms with Crippen molar-refractivity contribution in [3.8, 4) is 5.40 Å². The first-order valence-electron chi connectivity index (χ1n) is 8.72. The van der Waals surface area contributed by atoms with Crippen LogP contribution in [0.1, 0.15) is 26.7 Å². The molecule has 1 aromatic heterocycles. The number of hydrogen-bond donors (Lipinski definition) is 0. The fraction of sp³-hybridized carbons (Fsp3) is 0.450. The zero-order valence-electron chi connectivity index (χ0n) is 16.4. The first-order chi connectivity index (χ1) is 13.0. The van der Waals surface area contributed by atoms with Gasteiger partial charge in [0.2, 0.25) is 0 Å². The number of nitrogens with zero attached hydrogens (tertiary/aromatic N) is 2. The second kappa shape index (κ2) is 16.3. The lowest BCUT2D eigenvalue weighted by molar-refractivity contribution is 0.298. The quantitative estimate of drug-likeness (QED) is 0.390. The normalized spacial score (nSPS) is 9.48. The molecule has 2 aromatic rings. The van der Waals surface area contributed by atoms with E-state index in [1.54, 1.807) is 25.5 Å². The molecule has 0 spiro atoms. The molecular weight excluding hydrogens is 380 g/mol. The summed E-state index contributed by atoms with van der Waals surface area (Å²) in [5.74, 6) is 0. The highest BCUT2D eigenvalue weighted by atomic mass is 32.2. The molecule has 0 aliphatic heterocycles. The standard InChI is InChI=1S/C9H19NOS.C9H6O2.C2H3NS/c1-4-10(5-2)8-6-7-9(12)11-3;10-9-6-5-7-3-1-2-4-8(7)11-9;1-4-2-3/h4-8H2,1-3H3;1-6H;1H3. The highest BCUT2D eigenvalue weighted by Gasteiger charge is 2.00. The lowest BCUT2D eigenvalue weighted by Crippen LogP contribution is -2.24. The minimum Gasteiger partial charge on any atom is -0.490 e. The van der Waals surface area contributed by atoms with E-state index >= 15 is 0 Å². The summed E-state index contributed by atoms with van der Waals surface area (Å²) >= 11 is 6.10. The highest BCUT2D eigenvalue weighted by molar-refractivity contribution is 8.03. The maximum Gasteiger partial charge on any atom is 0.336 e. The highest BCUT2D eigenvalue weighted by Crippen LogP contribution is 2.08. The summed E-state index contributed by atoms with van der Waals surface area (Å²) in [4.78, 5) is 13.1. The predicted octanol–water partition coefficient (Wildman–Crippen LogP) is 4.71. The van der Waals surface area contributed by atoms with Gasteiger partial charge in [-0.1, -0.05) is 32.0 Å². The number of thioether (sulfide) groups is 1. The number of rotatable bonds is 6. The molecule has 0 amide bonds. The molecule has 0 saturated carbocycles. The van der Waals surface area contributed by atoms with Crippen LogP contribution < -0.4 is 5.63 Å². The van der Waals surface area contributed by atoms with Crippen molar-refractivity contribution in [1.29, 1.82) is 5.26 Å². The van der Waals surface area contributed by atoms with E-state index in [4.69, 9.17) is 26.6 Å². The van der Waals surface area contributed by atoms with Gasteiger partial charge in [-0.15, -0.1) is 0 Å². The van der Waals surface area contributed by atoms with Gasteiger partial charge in [-0.3, -0.25) is 0 Å². The average molecular weight is 409 g/mol. The number of benzene rings is 1. The Morgan fingerprint density at radius 1 is 1.26 bits per heavy atom. The number of nitriles is 1. The Labute approximate surface area is 171 Å². The molecule has 148 valence electrons. The van der Waals surface area contributed by atoms with Gasteiger partial charge in [0.05, 0.1) is 7.11 Å².